The van der Waals surface area contributed by atoms with E-state index in [9.17, 15) is 13.2 Å². The summed E-state index contributed by atoms with van der Waals surface area (Å²) in [4.78, 5) is 31.7. The number of nitrogens with one attached hydrogen (secondary N) is 2. The predicted octanol–water partition coefficient (Wildman–Crippen LogP) is 2.79. The van der Waals surface area contributed by atoms with Crippen LogP contribution in [0.1, 0.15) is 20.8 Å². The lowest BCUT2D eigenvalue weighted by atomic mass is 10.2. The normalized spacial score (nSPS) is 14.4. The Hall–Kier alpha value is -4.41. The van der Waals surface area contributed by atoms with Crippen molar-refractivity contribution < 1.29 is 22.7 Å². The fourth-order valence-electron chi connectivity index (χ4n) is 4.29. The summed E-state index contributed by atoms with van der Waals surface area (Å²) in [7, 11) is -3.59. The molecule has 16 heteroatoms. The standard InChI is InChI=1S/C27H34N10O5S/c1-27(2,3)42-26(38)33-20-5-7-22(8-6-20)37-23-19(16-31-37)15-28-24(34-23)32-21-17-29-25(30-18-21)36(43(4,39)40)10-9-35-11-13-41-14-12-35/h5-8,15-18H,9-14H2,1-4H3,(H,33,38)(H,28,32,34). The van der Waals surface area contributed by atoms with E-state index in [1.807, 2.05) is 0 Å². The van der Waals surface area contributed by atoms with Crippen LogP contribution in [0.3, 0.4) is 0 Å². The van der Waals surface area contributed by atoms with Crippen molar-refractivity contribution >= 4 is 50.4 Å². The summed E-state index contributed by atoms with van der Waals surface area (Å²) in [5.74, 6) is 0.362. The van der Waals surface area contributed by atoms with E-state index in [0.717, 1.165) is 30.4 Å². The monoisotopic (exact) mass is 610 g/mol. The third-order valence-corrected chi connectivity index (χ3v) is 7.45. The number of ether oxygens (including phenoxy) is 2. The number of fused-ring (bicyclic) bond motifs is 1. The van der Waals surface area contributed by atoms with E-state index < -0.39 is 21.7 Å². The van der Waals surface area contributed by atoms with Crippen LogP contribution in [0.4, 0.5) is 28.1 Å². The van der Waals surface area contributed by atoms with Crippen molar-refractivity contribution in [3.8, 4) is 5.69 Å². The number of carbonyl (C=O) groups is 1. The van der Waals surface area contributed by atoms with Crippen LogP contribution >= 0.6 is 0 Å². The van der Waals surface area contributed by atoms with Gasteiger partial charge in [0.15, 0.2) is 5.65 Å². The van der Waals surface area contributed by atoms with Crippen molar-refractivity contribution in [1.29, 1.82) is 0 Å². The Labute approximate surface area is 249 Å². The molecule has 0 spiro atoms. The van der Waals surface area contributed by atoms with E-state index in [4.69, 9.17) is 9.47 Å². The minimum Gasteiger partial charge on any atom is -0.444 e. The van der Waals surface area contributed by atoms with E-state index in [-0.39, 0.29) is 18.4 Å². The molecular formula is C27H34N10O5S. The van der Waals surface area contributed by atoms with Crippen molar-refractivity contribution in [1.82, 2.24) is 34.6 Å². The fraction of sp³-hybridized carbons (Fsp3) is 0.407. The molecule has 1 aromatic carbocycles. The Kier molecular flexibility index (Phi) is 8.70. The SMILES string of the molecule is CC(C)(C)OC(=O)Nc1ccc(-n2ncc3cnc(Nc4cnc(N(CCN5CCOCC5)S(C)(=O)=O)nc4)nc32)cc1. The van der Waals surface area contributed by atoms with E-state index in [1.165, 1.54) is 16.7 Å². The number of aromatic nitrogens is 6. The second-order valence-electron chi connectivity index (χ2n) is 10.9. The summed E-state index contributed by atoms with van der Waals surface area (Å²) in [5.41, 5.74) is 1.73. The Balaban J connectivity index is 1.28. The highest BCUT2D eigenvalue weighted by molar-refractivity contribution is 7.92. The van der Waals surface area contributed by atoms with Gasteiger partial charge in [-0.3, -0.25) is 10.2 Å². The molecule has 0 atom stereocenters. The number of carbonyl (C=O) groups excluding carboxylic acids is 1. The molecular weight excluding hydrogens is 576 g/mol. The third-order valence-electron chi connectivity index (χ3n) is 6.31. The van der Waals surface area contributed by atoms with E-state index in [0.29, 0.717) is 36.8 Å². The largest absolute Gasteiger partial charge is 0.444 e. The van der Waals surface area contributed by atoms with Crippen molar-refractivity contribution in [2.75, 3.05) is 60.6 Å². The van der Waals surface area contributed by atoms with Gasteiger partial charge in [-0.25, -0.2) is 37.2 Å². The molecule has 4 heterocycles. The van der Waals surface area contributed by atoms with Gasteiger partial charge >= 0.3 is 6.09 Å². The Morgan fingerprint density at radius 3 is 2.37 bits per heavy atom. The highest BCUT2D eigenvalue weighted by atomic mass is 32.2. The van der Waals surface area contributed by atoms with E-state index in [2.05, 4.69) is 40.6 Å². The summed E-state index contributed by atoms with van der Waals surface area (Å²) in [6, 6.07) is 7.08. The Morgan fingerprint density at radius 1 is 1.02 bits per heavy atom. The maximum atomic E-state index is 12.5. The zero-order chi connectivity index (χ0) is 30.6. The average Bonchev–Trinajstić information content (AvgIpc) is 3.37. The first-order valence-electron chi connectivity index (χ1n) is 13.6. The van der Waals surface area contributed by atoms with Crippen LogP contribution in [0.15, 0.2) is 49.1 Å². The van der Waals surface area contributed by atoms with Gasteiger partial charge in [0, 0.05) is 38.1 Å². The van der Waals surface area contributed by atoms with Crippen LogP contribution < -0.4 is 14.9 Å². The highest BCUT2D eigenvalue weighted by Gasteiger charge is 2.22. The first-order chi connectivity index (χ1) is 20.4. The number of hydrogen-bond acceptors (Lipinski definition) is 12. The lowest BCUT2D eigenvalue weighted by molar-refractivity contribution is 0.0395. The number of morpholine rings is 1. The van der Waals surface area contributed by atoms with Crippen LogP contribution in [-0.2, 0) is 19.5 Å². The molecule has 2 N–H and O–H groups in total. The average molecular weight is 611 g/mol. The van der Waals surface area contributed by atoms with Gasteiger partial charge in [0.25, 0.3) is 0 Å². The summed E-state index contributed by atoms with van der Waals surface area (Å²) >= 11 is 0. The molecule has 5 rings (SSSR count). The number of amides is 1. The molecule has 228 valence electrons. The van der Waals surface area contributed by atoms with Crippen molar-refractivity contribution in [3.05, 3.63) is 49.1 Å². The Morgan fingerprint density at radius 2 is 1.72 bits per heavy atom. The van der Waals surface area contributed by atoms with Gasteiger partial charge in [0.05, 0.1) is 54.8 Å². The molecule has 1 fully saturated rings. The van der Waals surface area contributed by atoms with E-state index in [1.54, 1.807) is 62.1 Å². The van der Waals surface area contributed by atoms with Crippen LogP contribution in [0.5, 0.6) is 0 Å². The molecule has 0 saturated carbocycles. The molecule has 0 radical (unpaired) electrons. The number of sulfonamides is 1. The first kappa shape index (κ1) is 30.1. The molecule has 0 aliphatic carbocycles. The van der Waals surface area contributed by atoms with Crippen LogP contribution in [0.2, 0.25) is 0 Å². The topological polar surface area (TPSA) is 170 Å². The van der Waals surface area contributed by atoms with Gasteiger partial charge < -0.3 is 14.8 Å². The zero-order valence-corrected chi connectivity index (χ0v) is 25.2. The summed E-state index contributed by atoms with van der Waals surface area (Å²) in [6.07, 6.45) is 6.85. The van der Waals surface area contributed by atoms with Gasteiger partial charge in [-0.05, 0) is 45.0 Å². The quantitative estimate of drug-likeness (QED) is 0.285. The lowest BCUT2D eigenvalue weighted by Gasteiger charge is -2.29. The van der Waals surface area contributed by atoms with Crippen molar-refractivity contribution in [2.24, 2.45) is 0 Å². The summed E-state index contributed by atoms with van der Waals surface area (Å²) < 4.78 is 38.5. The second-order valence-corrected chi connectivity index (χ2v) is 12.8. The molecule has 0 unspecified atom stereocenters. The highest BCUT2D eigenvalue weighted by Crippen LogP contribution is 2.21. The zero-order valence-electron chi connectivity index (χ0n) is 24.4. The molecule has 4 aromatic rings. The van der Waals surface area contributed by atoms with Gasteiger partial charge in [-0.1, -0.05) is 0 Å². The van der Waals surface area contributed by atoms with Crippen LogP contribution in [0.25, 0.3) is 16.7 Å². The van der Waals surface area contributed by atoms with Gasteiger partial charge in [-0.2, -0.15) is 10.1 Å². The van der Waals surface area contributed by atoms with Crippen LogP contribution in [0, 0.1) is 0 Å². The number of hydrogen-bond donors (Lipinski definition) is 2. The number of benzene rings is 1. The van der Waals surface area contributed by atoms with Crippen LogP contribution in [-0.4, -0.2) is 100 Å². The van der Waals surface area contributed by atoms with Crippen molar-refractivity contribution in [3.63, 3.8) is 0 Å². The molecule has 1 aliphatic heterocycles. The van der Waals surface area contributed by atoms with Gasteiger partial charge in [-0.15, -0.1) is 0 Å². The molecule has 43 heavy (non-hydrogen) atoms. The van der Waals surface area contributed by atoms with Crippen molar-refractivity contribution in [2.45, 2.75) is 26.4 Å². The minimum absolute atomic E-state index is 0.0837. The first-order valence-corrected chi connectivity index (χ1v) is 15.5. The molecule has 0 bridgehead atoms. The van der Waals surface area contributed by atoms with E-state index >= 15 is 0 Å². The second kappa shape index (κ2) is 12.4. The fourth-order valence-corrected chi connectivity index (χ4v) is 5.09. The summed E-state index contributed by atoms with van der Waals surface area (Å²) in [6.45, 7) is 8.93. The summed E-state index contributed by atoms with van der Waals surface area (Å²) in [5, 5.41) is 10.9. The molecule has 3 aromatic heterocycles. The Bertz CT molecular complexity index is 1670. The molecule has 1 amide bonds. The maximum absolute atomic E-state index is 12.5. The van der Waals surface area contributed by atoms with Gasteiger partial charge in [0.2, 0.25) is 21.9 Å². The van der Waals surface area contributed by atoms with Gasteiger partial charge in [0.1, 0.15) is 5.60 Å². The number of nitrogens with zero attached hydrogens (tertiary/aromatic N) is 8. The molecule has 15 nitrogen and oxygen atoms in total. The minimum atomic E-state index is -3.59. The number of rotatable bonds is 9. The number of anilines is 4. The predicted molar refractivity (Wildman–Crippen MR) is 161 cm³/mol. The third kappa shape index (κ3) is 7.91. The smallest absolute Gasteiger partial charge is 0.412 e. The maximum Gasteiger partial charge on any atom is 0.412 e. The lowest BCUT2D eigenvalue weighted by Crippen LogP contribution is -2.43. The molecule has 1 saturated heterocycles. The molecule has 1 aliphatic rings.